The smallest absolute Gasteiger partial charge is 0.0577 e. The molecule has 2 heteroatoms. The van der Waals surface area contributed by atoms with Gasteiger partial charge in [0.15, 0.2) is 0 Å². The first kappa shape index (κ1) is 10.6. The van der Waals surface area contributed by atoms with Crippen molar-refractivity contribution >= 4 is 11.8 Å². The highest BCUT2D eigenvalue weighted by atomic mass is 32.2. The van der Waals surface area contributed by atoms with E-state index in [9.17, 15) is 5.11 Å². The van der Waals surface area contributed by atoms with Crippen molar-refractivity contribution in [2.75, 3.05) is 6.26 Å². The minimum absolute atomic E-state index is 0.197. The predicted molar refractivity (Wildman–Crippen MR) is 58.2 cm³/mol. The van der Waals surface area contributed by atoms with Crippen LogP contribution in [0.25, 0.3) is 0 Å². The van der Waals surface area contributed by atoms with Crippen LogP contribution >= 0.6 is 11.8 Å². The Morgan fingerprint density at radius 1 is 1.46 bits per heavy atom. The number of hydrogen-bond donors (Lipinski definition) is 1. The summed E-state index contributed by atoms with van der Waals surface area (Å²) in [6.45, 7) is 2.00. The normalized spacial score (nSPS) is 12.8. The number of rotatable bonds is 4. The molecule has 1 nitrogen and oxygen atoms in total. The number of aliphatic hydroxyl groups is 1. The Balaban J connectivity index is 2.66. The maximum absolute atomic E-state index is 9.47. The van der Waals surface area contributed by atoms with Crippen LogP contribution < -0.4 is 0 Å². The van der Waals surface area contributed by atoms with E-state index in [1.807, 2.05) is 13.0 Å². The summed E-state index contributed by atoms with van der Waals surface area (Å²) in [5, 5.41) is 9.47. The first-order valence-corrected chi connectivity index (χ1v) is 5.79. The quantitative estimate of drug-likeness (QED) is 0.747. The molecule has 1 aromatic rings. The molecule has 0 aliphatic heterocycles. The maximum atomic E-state index is 9.47. The molecule has 13 heavy (non-hydrogen) atoms. The summed E-state index contributed by atoms with van der Waals surface area (Å²) in [7, 11) is 0. The van der Waals surface area contributed by atoms with Crippen molar-refractivity contribution in [1.29, 1.82) is 0 Å². The lowest BCUT2D eigenvalue weighted by atomic mass is 10.1. The molecule has 72 valence electrons. The summed E-state index contributed by atoms with van der Waals surface area (Å²) in [6, 6.07) is 8.35. The number of hydrogen-bond acceptors (Lipinski definition) is 2. The van der Waals surface area contributed by atoms with E-state index in [0.717, 1.165) is 12.8 Å². The molecule has 0 saturated heterocycles. The second-order valence-corrected chi connectivity index (χ2v) is 4.00. The average Bonchev–Trinajstić information content (AvgIpc) is 2.18. The summed E-state index contributed by atoms with van der Waals surface area (Å²) in [5.74, 6) is 0. The Morgan fingerprint density at radius 2 is 2.23 bits per heavy atom. The molecule has 0 unspecified atom stereocenters. The largest absolute Gasteiger partial charge is 0.393 e. The van der Waals surface area contributed by atoms with Crippen LogP contribution in [0.2, 0.25) is 0 Å². The fourth-order valence-corrected chi connectivity index (χ4v) is 1.70. The van der Waals surface area contributed by atoms with Gasteiger partial charge < -0.3 is 5.11 Å². The van der Waals surface area contributed by atoms with Crippen molar-refractivity contribution in [3.8, 4) is 0 Å². The van der Waals surface area contributed by atoms with Gasteiger partial charge in [-0.25, -0.2) is 0 Å². The van der Waals surface area contributed by atoms with Crippen molar-refractivity contribution in [3.63, 3.8) is 0 Å². The Labute approximate surface area is 84.2 Å². The zero-order valence-corrected chi connectivity index (χ0v) is 8.97. The number of benzene rings is 1. The van der Waals surface area contributed by atoms with Crippen molar-refractivity contribution in [2.45, 2.75) is 30.8 Å². The molecule has 0 aliphatic rings. The molecule has 0 aliphatic carbocycles. The van der Waals surface area contributed by atoms with Crippen molar-refractivity contribution in [1.82, 2.24) is 0 Å². The molecule has 1 rings (SSSR count). The molecule has 0 spiro atoms. The van der Waals surface area contributed by atoms with Crippen LogP contribution in [0.5, 0.6) is 0 Å². The van der Waals surface area contributed by atoms with E-state index >= 15 is 0 Å². The Bertz CT molecular complexity index is 260. The molecule has 1 N–H and O–H groups in total. The molecular weight excluding hydrogens is 180 g/mol. The van der Waals surface area contributed by atoms with Crippen LogP contribution in [-0.2, 0) is 6.42 Å². The summed E-state index contributed by atoms with van der Waals surface area (Å²) in [6.07, 6.45) is 3.46. The van der Waals surface area contributed by atoms with Crippen molar-refractivity contribution in [3.05, 3.63) is 29.8 Å². The van der Waals surface area contributed by atoms with Gasteiger partial charge in [0.25, 0.3) is 0 Å². The minimum atomic E-state index is -0.197. The summed E-state index contributed by atoms with van der Waals surface area (Å²) in [4.78, 5) is 1.26. The van der Waals surface area contributed by atoms with E-state index in [-0.39, 0.29) is 6.10 Å². The lowest BCUT2D eigenvalue weighted by Gasteiger charge is -2.08. The molecule has 1 atom stereocenters. The molecule has 0 amide bonds. The Hall–Kier alpha value is -0.470. The second-order valence-electron chi connectivity index (χ2n) is 3.12. The lowest BCUT2D eigenvalue weighted by molar-refractivity contribution is 0.171. The highest BCUT2D eigenvalue weighted by Crippen LogP contribution is 2.17. The number of thioether (sulfide) groups is 1. The van der Waals surface area contributed by atoms with Gasteiger partial charge in [-0.05, 0) is 36.8 Å². The standard InChI is InChI=1S/C11H16OS/c1-3-10(12)7-9-5-4-6-11(8-9)13-2/h4-6,8,10,12H,3,7H2,1-2H3/t10-/m0/s1. The zero-order valence-electron chi connectivity index (χ0n) is 8.16. The Morgan fingerprint density at radius 3 is 2.85 bits per heavy atom. The fourth-order valence-electron chi connectivity index (χ4n) is 1.22. The van der Waals surface area contributed by atoms with E-state index in [2.05, 4.69) is 24.5 Å². The third kappa shape index (κ3) is 3.41. The molecule has 1 aromatic carbocycles. The average molecular weight is 196 g/mol. The highest BCUT2D eigenvalue weighted by molar-refractivity contribution is 7.98. The first-order valence-electron chi connectivity index (χ1n) is 4.57. The molecule has 0 heterocycles. The molecule has 0 fully saturated rings. The molecule has 0 saturated carbocycles. The van der Waals surface area contributed by atoms with Crippen molar-refractivity contribution < 1.29 is 5.11 Å². The van der Waals surface area contributed by atoms with Crippen LogP contribution in [0, 0.1) is 0 Å². The van der Waals surface area contributed by atoms with Gasteiger partial charge >= 0.3 is 0 Å². The second kappa shape index (κ2) is 5.30. The van der Waals surface area contributed by atoms with E-state index in [1.165, 1.54) is 10.5 Å². The Kier molecular flexibility index (Phi) is 4.33. The molecule has 0 radical (unpaired) electrons. The van der Waals surface area contributed by atoms with E-state index in [0.29, 0.717) is 0 Å². The van der Waals surface area contributed by atoms with Gasteiger partial charge in [-0.2, -0.15) is 0 Å². The maximum Gasteiger partial charge on any atom is 0.0577 e. The van der Waals surface area contributed by atoms with Gasteiger partial charge in [-0.15, -0.1) is 11.8 Å². The summed E-state index contributed by atoms with van der Waals surface area (Å²) in [5.41, 5.74) is 1.22. The molecular formula is C11H16OS. The van der Waals surface area contributed by atoms with Gasteiger partial charge in [0.05, 0.1) is 6.10 Å². The van der Waals surface area contributed by atoms with Crippen molar-refractivity contribution in [2.24, 2.45) is 0 Å². The van der Waals surface area contributed by atoms with Gasteiger partial charge in [-0.1, -0.05) is 19.1 Å². The van der Waals surface area contributed by atoms with Gasteiger partial charge in [0.2, 0.25) is 0 Å². The SMILES string of the molecule is CC[C@H](O)Cc1cccc(SC)c1. The fraction of sp³-hybridized carbons (Fsp3) is 0.455. The van der Waals surface area contributed by atoms with Crippen LogP contribution in [-0.4, -0.2) is 17.5 Å². The molecule has 0 aromatic heterocycles. The van der Waals surface area contributed by atoms with Gasteiger partial charge in [0, 0.05) is 4.90 Å². The third-order valence-electron chi connectivity index (χ3n) is 2.08. The molecule has 0 bridgehead atoms. The van der Waals surface area contributed by atoms with Gasteiger partial charge in [0.1, 0.15) is 0 Å². The minimum Gasteiger partial charge on any atom is -0.393 e. The van der Waals surface area contributed by atoms with E-state index in [4.69, 9.17) is 0 Å². The first-order chi connectivity index (χ1) is 6.26. The van der Waals surface area contributed by atoms with Gasteiger partial charge in [-0.3, -0.25) is 0 Å². The van der Waals surface area contributed by atoms with Crippen LogP contribution in [0.1, 0.15) is 18.9 Å². The van der Waals surface area contributed by atoms with E-state index < -0.39 is 0 Å². The van der Waals surface area contributed by atoms with E-state index in [1.54, 1.807) is 11.8 Å². The third-order valence-corrected chi connectivity index (χ3v) is 2.80. The monoisotopic (exact) mass is 196 g/mol. The topological polar surface area (TPSA) is 20.2 Å². The van der Waals surface area contributed by atoms with Crippen LogP contribution in [0.15, 0.2) is 29.2 Å². The zero-order chi connectivity index (χ0) is 9.68. The number of aliphatic hydroxyl groups excluding tert-OH is 1. The van der Waals surface area contributed by atoms with Crippen LogP contribution in [0.4, 0.5) is 0 Å². The highest BCUT2D eigenvalue weighted by Gasteiger charge is 2.02. The van der Waals surface area contributed by atoms with Crippen LogP contribution in [0.3, 0.4) is 0 Å². The predicted octanol–water partition coefficient (Wildman–Crippen LogP) is 2.72. The lowest BCUT2D eigenvalue weighted by Crippen LogP contribution is -2.08. The summed E-state index contributed by atoms with van der Waals surface area (Å²) >= 11 is 1.74. The summed E-state index contributed by atoms with van der Waals surface area (Å²) < 4.78 is 0.